The molecule has 0 aliphatic heterocycles. The fourth-order valence-electron chi connectivity index (χ4n) is 1.69. The minimum atomic E-state index is -3.94. The number of halogens is 1. The number of hydrogen-bond acceptors (Lipinski definition) is 3. The van der Waals surface area contributed by atoms with Crippen LogP contribution in [0.3, 0.4) is 0 Å². The summed E-state index contributed by atoms with van der Waals surface area (Å²) in [5, 5.41) is 0. The first kappa shape index (κ1) is 15.0. The normalized spacial score (nSPS) is 11.1. The Morgan fingerprint density at radius 1 is 1.19 bits per heavy atom. The summed E-state index contributed by atoms with van der Waals surface area (Å²) in [7, 11) is -3.94. The monoisotopic (exact) mass is 308 g/mol. The zero-order valence-electron chi connectivity index (χ0n) is 11.1. The van der Waals surface area contributed by atoms with Gasteiger partial charge in [-0.1, -0.05) is 12.1 Å². The van der Waals surface area contributed by atoms with Crippen LogP contribution in [0.2, 0.25) is 0 Å². The number of aryl methyl sites for hydroxylation is 1. The Bertz CT molecular complexity index is 804. The van der Waals surface area contributed by atoms with Crippen LogP contribution < -0.4 is 10.5 Å². The van der Waals surface area contributed by atoms with E-state index in [0.717, 1.165) is 6.07 Å². The van der Waals surface area contributed by atoms with E-state index >= 15 is 0 Å². The topological polar surface area (TPSA) is 89.3 Å². The molecule has 3 N–H and O–H groups in total. The number of primary amides is 1. The van der Waals surface area contributed by atoms with Crippen molar-refractivity contribution in [1.29, 1.82) is 0 Å². The molecule has 5 nitrogen and oxygen atoms in total. The van der Waals surface area contributed by atoms with E-state index in [4.69, 9.17) is 5.73 Å². The van der Waals surface area contributed by atoms with Crippen LogP contribution in [0, 0.1) is 12.7 Å². The number of anilines is 1. The standard InChI is InChI=1S/C14H13FN2O3S/c1-9-5-6-12(8-13(9)15)21(19,20)17-11-4-2-3-10(7-11)14(16)18/h2-8,17H,1H3,(H2,16,18). The van der Waals surface area contributed by atoms with Gasteiger partial charge in [-0.15, -0.1) is 0 Å². The number of carbonyl (C=O) groups is 1. The maximum absolute atomic E-state index is 13.5. The number of amides is 1. The number of benzene rings is 2. The average molecular weight is 308 g/mol. The van der Waals surface area contributed by atoms with Crippen molar-refractivity contribution >= 4 is 21.6 Å². The second-order valence-electron chi connectivity index (χ2n) is 4.46. The summed E-state index contributed by atoms with van der Waals surface area (Å²) in [4.78, 5) is 10.9. The largest absolute Gasteiger partial charge is 0.366 e. The van der Waals surface area contributed by atoms with Gasteiger partial charge in [-0.25, -0.2) is 12.8 Å². The van der Waals surface area contributed by atoms with Crippen LogP contribution >= 0.6 is 0 Å². The molecule has 0 saturated heterocycles. The molecule has 0 unspecified atom stereocenters. The first-order valence-electron chi connectivity index (χ1n) is 5.98. The Labute approximate surface area is 121 Å². The Morgan fingerprint density at radius 2 is 1.90 bits per heavy atom. The molecule has 0 saturated carbocycles. The summed E-state index contributed by atoms with van der Waals surface area (Å²) in [6.07, 6.45) is 0. The lowest BCUT2D eigenvalue weighted by atomic mass is 10.2. The van der Waals surface area contributed by atoms with Gasteiger partial charge in [-0.05, 0) is 42.8 Å². The number of carbonyl (C=O) groups excluding carboxylic acids is 1. The molecular weight excluding hydrogens is 295 g/mol. The zero-order valence-corrected chi connectivity index (χ0v) is 11.9. The van der Waals surface area contributed by atoms with E-state index in [1.165, 1.54) is 43.3 Å². The summed E-state index contributed by atoms with van der Waals surface area (Å²) < 4.78 is 40.0. The first-order chi connectivity index (χ1) is 9.79. The van der Waals surface area contributed by atoms with Crippen molar-refractivity contribution in [3.05, 3.63) is 59.4 Å². The lowest BCUT2D eigenvalue weighted by Gasteiger charge is -2.09. The summed E-state index contributed by atoms with van der Waals surface area (Å²) >= 11 is 0. The molecule has 0 atom stereocenters. The molecule has 21 heavy (non-hydrogen) atoms. The molecule has 0 aliphatic carbocycles. The maximum atomic E-state index is 13.5. The van der Waals surface area contributed by atoms with Crippen molar-refractivity contribution in [2.75, 3.05) is 4.72 Å². The van der Waals surface area contributed by atoms with Gasteiger partial charge in [0.2, 0.25) is 5.91 Å². The Balaban J connectivity index is 2.35. The molecule has 0 bridgehead atoms. The minimum absolute atomic E-state index is 0.172. The van der Waals surface area contributed by atoms with Crippen LogP contribution in [-0.2, 0) is 10.0 Å². The third-order valence-corrected chi connectivity index (χ3v) is 4.23. The molecule has 0 spiro atoms. The molecule has 110 valence electrons. The lowest BCUT2D eigenvalue weighted by Crippen LogP contribution is -2.15. The molecular formula is C14H13FN2O3S. The van der Waals surface area contributed by atoms with Crippen molar-refractivity contribution in [2.24, 2.45) is 5.73 Å². The molecule has 0 radical (unpaired) electrons. The highest BCUT2D eigenvalue weighted by atomic mass is 32.2. The first-order valence-corrected chi connectivity index (χ1v) is 7.47. The third-order valence-electron chi connectivity index (χ3n) is 2.85. The van der Waals surface area contributed by atoms with Crippen LogP contribution in [0.1, 0.15) is 15.9 Å². The fraction of sp³-hybridized carbons (Fsp3) is 0.0714. The molecule has 0 heterocycles. The maximum Gasteiger partial charge on any atom is 0.261 e. The fourth-order valence-corrected chi connectivity index (χ4v) is 2.75. The highest BCUT2D eigenvalue weighted by Crippen LogP contribution is 2.19. The second-order valence-corrected chi connectivity index (χ2v) is 6.14. The molecule has 0 aromatic heterocycles. The Hall–Kier alpha value is -2.41. The van der Waals surface area contributed by atoms with Crippen LogP contribution in [0.4, 0.5) is 10.1 Å². The average Bonchev–Trinajstić information content (AvgIpc) is 2.41. The zero-order chi connectivity index (χ0) is 15.6. The lowest BCUT2D eigenvalue weighted by molar-refractivity contribution is 0.100. The summed E-state index contributed by atoms with van der Waals surface area (Å²) in [5.41, 5.74) is 5.82. The summed E-state index contributed by atoms with van der Waals surface area (Å²) in [5.74, 6) is -1.28. The highest BCUT2D eigenvalue weighted by molar-refractivity contribution is 7.92. The van der Waals surface area contributed by atoms with Crippen molar-refractivity contribution in [3.8, 4) is 0 Å². The molecule has 2 aromatic rings. The third kappa shape index (κ3) is 3.38. The van der Waals surface area contributed by atoms with Crippen molar-refractivity contribution in [2.45, 2.75) is 11.8 Å². The van der Waals surface area contributed by atoms with Crippen molar-refractivity contribution < 1.29 is 17.6 Å². The molecule has 0 aliphatic rings. The summed E-state index contributed by atoms with van der Waals surface area (Å²) in [6, 6.07) is 9.36. The summed E-state index contributed by atoms with van der Waals surface area (Å²) in [6.45, 7) is 1.54. The second kappa shape index (κ2) is 5.53. The number of nitrogens with one attached hydrogen (secondary N) is 1. The van der Waals surface area contributed by atoms with Gasteiger partial charge in [-0.2, -0.15) is 0 Å². The predicted molar refractivity (Wildman–Crippen MR) is 76.9 cm³/mol. The van der Waals surface area contributed by atoms with Gasteiger partial charge in [0.15, 0.2) is 0 Å². The molecule has 1 amide bonds. The smallest absolute Gasteiger partial charge is 0.261 e. The van der Waals surface area contributed by atoms with Gasteiger partial charge in [0.05, 0.1) is 4.90 Å². The van der Waals surface area contributed by atoms with Crippen LogP contribution in [-0.4, -0.2) is 14.3 Å². The van der Waals surface area contributed by atoms with Crippen LogP contribution in [0.5, 0.6) is 0 Å². The van der Waals surface area contributed by atoms with Crippen LogP contribution in [0.25, 0.3) is 0 Å². The van der Waals surface area contributed by atoms with Gasteiger partial charge in [0, 0.05) is 11.3 Å². The molecule has 7 heteroatoms. The van der Waals surface area contributed by atoms with E-state index in [0.29, 0.717) is 5.56 Å². The molecule has 2 rings (SSSR count). The van der Waals surface area contributed by atoms with E-state index in [1.807, 2.05) is 0 Å². The van der Waals surface area contributed by atoms with E-state index in [9.17, 15) is 17.6 Å². The quantitative estimate of drug-likeness (QED) is 0.905. The van der Waals surface area contributed by atoms with Crippen LogP contribution in [0.15, 0.2) is 47.4 Å². The number of hydrogen-bond donors (Lipinski definition) is 2. The van der Waals surface area contributed by atoms with Gasteiger partial charge >= 0.3 is 0 Å². The Morgan fingerprint density at radius 3 is 2.52 bits per heavy atom. The van der Waals surface area contributed by atoms with E-state index in [2.05, 4.69) is 4.72 Å². The van der Waals surface area contributed by atoms with E-state index in [1.54, 1.807) is 0 Å². The van der Waals surface area contributed by atoms with Crippen molar-refractivity contribution in [3.63, 3.8) is 0 Å². The highest BCUT2D eigenvalue weighted by Gasteiger charge is 2.16. The molecule has 2 aromatic carbocycles. The van der Waals surface area contributed by atoms with Gasteiger partial charge in [-0.3, -0.25) is 9.52 Å². The van der Waals surface area contributed by atoms with E-state index in [-0.39, 0.29) is 16.1 Å². The number of nitrogens with two attached hydrogens (primary N) is 1. The number of rotatable bonds is 4. The Kier molecular flexibility index (Phi) is 3.95. The van der Waals surface area contributed by atoms with Gasteiger partial charge in [0.1, 0.15) is 5.82 Å². The van der Waals surface area contributed by atoms with E-state index < -0.39 is 21.7 Å². The van der Waals surface area contributed by atoms with Gasteiger partial charge in [0.25, 0.3) is 10.0 Å². The predicted octanol–water partition coefficient (Wildman–Crippen LogP) is 2.03. The van der Waals surface area contributed by atoms with Crippen molar-refractivity contribution in [1.82, 2.24) is 0 Å². The van der Waals surface area contributed by atoms with Gasteiger partial charge < -0.3 is 5.73 Å². The molecule has 0 fully saturated rings. The minimum Gasteiger partial charge on any atom is -0.366 e. The number of sulfonamides is 1. The SMILES string of the molecule is Cc1ccc(S(=O)(=O)Nc2cccc(C(N)=O)c2)cc1F.